The highest BCUT2D eigenvalue weighted by atomic mass is 79.9. The highest BCUT2D eigenvalue weighted by Crippen LogP contribution is 2.19. The highest BCUT2D eigenvalue weighted by Gasteiger charge is 2.20. The van der Waals surface area contributed by atoms with E-state index in [4.69, 9.17) is 0 Å². The normalized spacial score (nSPS) is 11.0. The first-order valence-corrected chi connectivity index (χ1v) is 8.22. The van der Waals surface area contributed by atoms with E-state index in [9.17, 15) is 9.59 Å². The van der Waals surface area contributed by atoms with Crippen molar-refractivity contribution in [3.8, 4) is 0 Å². The third kappa shape index (κ3) is 6.76. The van der Waals surface area contributed by atoms with Gasteiger partial charge in [0.05, 0.1) is 0 Å². The molecule has 4 nitrogen and oxygen atoms in total. The van der Waals surface area contributed by atoms with Crippen LogP contribution >= 0.6 is 15.9 Å². The van der Waals surface area contributed by atoms with E-state index in [1.807, 2.05) is 20.8 Å². The average Bonchev–Trinajstić information content (AvgIpc) is 2.40. The van der Waals surface area contributed by atoms with Crippen molar-refractivity contribution in [1.82, 2.24) is 0 Å². The van der Waals surface area contributed by atoms with Crippen molar-refractivity contribution in [3.63, 3.8) is 0 Å². The third-order valence-corrected chi connectivity index (χ3v) is 3.46. The second-order valence-corrected chi connectivity index (χ2v) is 6.77. The van der Waals surface area contributed by atoms with Crippen molar-refractivity contribution < 1.29 is 9.59 Å². The molecule has 0 spiro atoms. The highest BCUT2D eigenvalue weighted by molar-refractivity contribution is 9.09. The minimum Gasteiger partial charge on any atom is -0.326 e. The van der Waals surface area contributed by atoms with Crippen LogP contribution in [0.25, 0.3) is 0 Å². The first-order valence-electron chi connectivity index (χ1n) is 7.10. The molecule has 0 aliphatic carbocycles. The Hall–Kier alpha value is -1.36. The monoisotopic (exact) mass is 354 g/mol. The van der Waals surface area contributed by atoms with E-state index < -0.39 is 5.41 Å². The van der Waals surface area contributed by atoms with Gasteiger partial charge in [-0.3, -0.25) is 9.59 Å². The van der Waals surface area contributed by atoms with Gasteiger partial charge < -0.3 is 10.6 Å². The maximum Gasteiger partial charge on any atom is 0.229 e. The Labute approximate surface area is 134 Å². The summed E-state index contributed by atoms with van der Waals surface area (Å²) in [6, 6.07) is 7.16. The molecule has 0 aliphatic heterocycles. The van der Waals surface area contributed by atoms with Gasteiger partial charge in [-0.15, -0.1) is 0 Å². The van der Waals surface area contributed by atoms with Gasteiger partial charge in [0.25, 0.3) is 0 Å². The predicted molar refractivity (Wildman–Crippen MR) is 90.8 cm³/mol. The van der Waals surface area contributed by atoms with E-state index in [-0.39, 0.29) is 11.8 Å². The number of hydrogen-bond acceptors (Lipinski definition) is 2. The van der Waals surface area contributed by atoms with Gasteiger partial charge in [0, 0.05) is 28.5 Å². The van der Waals surface area contributed by atoms with Crippen molar-refractivity contribution in [2.45, 2.75) is 40.0 Å². The molecular weight excluding hydrogens is 332 g/mol. The average molecular weight is 355 g/mol. The Balaban J connectivity index is 2.50. The minimum atomic E-state index is -0.428. The van der Waals surface area contributed by atoms with E-state index >= 15 is 0 Å². The molecule has 0 bridgehead atoms. The number of hydrogen-bond donors (Lipinski definition) is 2. The zero-order valence-corrected chi connectivity index (χ0v) is 14.4. The minimum absolute atomic E-state index is 0.0161. The molecule has 21 heavy (non-hydrogen) atoms. The van der Waals surface area contributed by atoms with Gasteiger partial charge in [-0.25, -0.2) is 0 Å². The molecule has 1 rings (SSSR count). The summed E-state index contributed by atoms with van der Waals surface area (Å²) in [6.07, 6.45) is 2.39. The number of rotatable bonds is 6. The van der Waals surface area contributed by atoms with Gasteiger partial charge in [-0.1, -0.05) is 36.7 Å². The van der Waals surface area contributed by atoms with E-state index in [2.05, 4.69) is 26.6 Å². The molecule has 116 valence electrons. The van der Waals surface area contributed by atoms with E-state index in [0.29, 0.717) is 6.42 Å². The quantitative estimate of drug-likeness (QED) is 0.594. The van der Waals surface area contributed by atoms with Gasteiger partial charge in [-0.2, -0.15) is 0 Å². The molecule has 0 saturated heterocycles. The van der Waals surface area contributed by atoms with E-state index in [1.54, 1.807) is 24.3 Å². The third-order valence-electron chi connectivity index (χ3n) is 2.90. The fourth-order valence-corrected chi connectivity index (χ4v) is 1.96. The number of anilines is 2. The number of unbranched alkanes of at least 4 members (excludes halogenated alkanes) is 1. The molecule has 1 aromatic rings. The summed E-state index contributed by atoms with van der Waals surface area (Å²) in [4.78, 5) is 23.5. The molecule has 2 N–H and O–H groups in total. The number of carbonyl (C=O) groups excluding carboxylic acids is 2. The van der Waals surface area contributed by atoms with Crippen LogP contribution in [0.4, 0.5) is 11.4 Å². The van der Waals surface area contributed by atoms with Gasteiger partial charge >= 0.3 is 0 Å². The van der Waals surface area contributed by atoms with Crippen LogP contribution in [0, 0.1) is 5.41 Å². The first kappa shape index (κ1) is 17.7. The van der Waals surface area contributed by atoms with Crippen LogP contribution in [-0.4, -0.2) is 17.1 Å². The summed E-state index contributed by atoms with van der Waals surface area (Å²) in [6.45, 7) is 5.59. The van der Waals surface area contributed by atoms with Crippen molar-refractivity contribution in [2.75, 3.05) is 16.0 Å². The standard InChI is InChI=1S/C16H23BrN2O2/c1-16(2,3)15(21)19-13-9-7-12(8-10-13)18-14(20)6-4-5-11-17/h7-10H,4-6,11H2,1-3H3,(H,18,20)(H,19,21). The largest absolute Gasteiger partial charge is 0.326 e. The Morgan fingerprint density at radius 2 is 1.52 bits per heavy atom. The number of amides is 2. The van der Waals surface area contributed by atoms with Gasteiger partial charge in [0.2, 0.25) is 11.8 Å². The van der Waals surface area contributed by atoms with Crippen LogP contribution in [0.1, 0.15) is 40.0 Å². The summed E-state index contributed by atoms with van der Waals surface area (Å²) in [5, 5.41) is 6.61. The van der Waals surface area contributed by atoms with Crippen molar-refractivity contribution in [1.29, 1.82) is 0 Å². The Kier molecular flexibility index (Phi) is 6.89. The maximum atomic E-state index is 11.9. The lowest BCUT2D eigenvalue weighted by molar-refractivity contribution is -0.123. The van der Waals surface area contributed by atoms with Crippen LogP contribution < -0.4 is 10.6 Å². The molecule has 0 unspecified atom stereocenters. The summed E-state index contributed by atoms with van der Waals surface area (Å²) >= 11 is 3.34. The molecule has 0 aromatic heterocycles. The van der Waals surface area contributed by atoms with Crippen molar-refractivity contribution in [2.24, 2.45) is 5.41 Å². The van der Waals surface area contributed by atoms with Crippen LogP contribution in [0.3, 0.4) is 0 Å². The van der Waals surface area contributed by atoms with E-state index in [0.717, 1.165) is 29.5 Å². The number of benzene rings is 1. The molecule has 0 saturated carbocycles. The number of carbonyl (C=O) groups is 2. The molecule has 0 heterocycles. The molecule has 0 aliphatic rings. The molecule has 2 amide bonds. The summed E-state index contributed by atoms with van der Waals surface area (Å²) in [5.41, 5.74) is 1.04. The Morgan fingerprint density at radius 1 is 1.00 bits per heavy atom. The van der Waals surface area contributed by atoms with Crippen molar-refractivity contribution >= 4 is 39.1 Å². The second-order valence-electron chi connectivity index (χ2n) is 5.98. The van der Waals surface area contributed by atoms with Crippen LogP contribution in [0.5, 0.6) is 0 Å². The predicted octanol–water partition coefficient (Wildman–Crippen LogP) is 4.17. The SMILES string of the molecule is CC(C)(C)C(=O)Nc1ccc(NC(=O)CCCCBr)cc1. The first-order chi connectivity index (χ1) is 9.82. The number of alkyl halides is 1. The summed E-state index contributed by atoms with van der Waals surface area (Å²) < 4.78 is 0. The molecular formula is C16H23BrN2O2. The topological polar surface area (TPSA) is 58.2 Å². The Bertz CT molecular complexity index is 478. The number of nitrogens with one attached hydrogen (secondary N) is 2. The van der Waals surface area contributed by atoms with Crippen molar-refractivity contribution in [3.05, 3.63) is 24.3 Å². The fraction of sp³-hybridized carbons (Fsp3) is 0.500. The zero-order valence-electron chi connectivity index (χ0n) is 12.8. The fourth-order valence-electron chi connectivity index (χ4n) is 1.56. The Morgan fingerprint density at radius 3 is 2.00 bits per heavy atom. The lowest BCUT2D eigenvalue weighted by Gasteiger charge is -2.17. The molecule has 0 atom stereocenters. The zero-order chi connectivity index (χ0) is 15.9. The van der Waals surface area contributed by atoms with Crippen LogP contribution in [0.2, 0.25) is 0 Å². The lowest BCUT2D eigenvalue weighted by Crippen LogP contribution is -2.27. The molecule has 1 aromatic carbocycles. The number of halogens is 1. The van der Waals surface area contributed by atoms with Gasteiger partial charge in [0.1, 0.15) is 0 Å². The van der Waals surface area contributed by atoms with E-state index in [1.165, 1.54) is 0 Å². The summed E-state index contributed by atoms with van der Waals surface area (Å²) in [7, 11) is 0. The van der Waals surface area contributed by atoms with Gasteiger partial charge in [0.15, 0.2) is 0 Å². The molecule has 0 fully saturated rings. The second kappa shape index (κ2) is 8.17. The maximum absolute atomic E-state index is 11.9. The van der Waals surface area contributed by atoms with Crippen LogP contribution in [-0.2, 0) is 9.59 Å². The van der Waals surface area contributed by atoms with Crippen LogP contribution in [0.15, 0.2) is 24.3 Å². The summed E-state index contributed by atoms with van der Waals surface area (Å²) in [5.74, 6) is -0.0171. The molecule has 5 heteroatoms. The smallest absolute Gasteiger partial charge is 0.229 e. The van der Waals surface area contributed by atoms with Gasteiger partial charge in [-0.05, 0) is 37.1 Å². The lowest BCUT2D eigenvalue weighted by atomic mass is 9.95. The molecule has 0 radical (unpaired) electrons.